The predicted molar refractivity (Wildman–Crippen MR) is 79.6 cm³/mol. The van der Waals surface area contributed by atoms with Gasteiger partial charge in [-0.05, 0) is 6.42 Å². The van der Waals surface area contributed by atoms with E-state index in [2.05, 4.69) is 15.0 Å². The summed E-state index contributed by atoms with van der Waals surface area (Å²) in [5.41, 5.74) is 0. The Bertz CT molecular complexity index is 791. The Hall–Kier alpha value is -2.20. The molecule has 0 spiro atoms. The number of sulfonamides is 1. The summed E-state index contributed by atoms with van der Waals surface area (Å²) in [4.78, 5) is 12.0. The van der Waals surface area contributed by atoms with Crippen molar-refractivity contribution < 1.29 is 17.9 Å². The van der Waals surface area contributed by atoms with Crippen LogP contribution in [0.4, 0.5) is 0 Å². The van der Waals surface area contributed by atoms with Crippen molar-refractivity contribution in [3.05, 3.63) is 24.9 Å². The number of methoxy groups -OCH3 is 1. The highest BCUT2D eigenvalue weighted by Gasteiger charge is 2.35. The largest absolute Gasteiger partial charge is 0.477 e. The molecule has 23 heavy (non-hydrogen) atoms. The smallest absolute Gasteiger partial charge is 0.278 e. The summed E-state index contributed by atoms with van der Waals surface area (Å²) < 4.78 is 38.8. The van der Waals surface area contributed by atoms with Crippen LogP contribution in [-0.4, -0.2) is 58.5 Å². The van der Waals surface area contributed by atoms with Crippen LogP contribution in [0.25, 0.3) is 0 Å². The molecule has 1 aliphatic heterocycles. The summed E-state index contributed by atoms with van der Waals surface area (Å²) in [7, 11) is -0.405. The van der Waals surface area contributed by atoms with Gasteiger partial charge in [0.2, 0.25) is 0 Å². The van der Waals surface area contributed by atoms with Gasteiger partial charge < -0.3 is 14.0 Å². The number of nitrogens with zero attached hydrogens (tertiary/aromatic N) is 5. The Labute approximate surface area is 133 Å². The van der Waals surface area contributed by atoms with E-state index in [1.165, 1.54) is 36.3 Å². The summed E-state index contributed by atoms with van der Waals surface area (Å²) in [6, 6.07) is 0. The van der Waals surface area contributed by atoms with E-state index in [-0.39, 0.29) is 29.4 Å². The van der Waals surface area contributed by atoms with E-state index >= 15 is 0 Å². The topological polar surface area (TPSA) is 99.4 Å². The molecular formula is C13H17N5O4S. The molecular weight excluding hydrogens is 322 g/mol. The SMILES string of the molecule is COc1nccnc1OC1CCN(S(=O)(=O)c2cn(C)cn2)C1. The molecule has 2 aromatic rings. The first kappa shape index (κ1) is 15.7. The van der Waals surface area contributed by atoms with Crippen molar-refractivity contribution in [3.8, 4) is 11.8 Å². The van der Waals surface area contributed by atoms with E-state index in [9.17, 15) is 8.42 Å². The third kappa shape index (κ3) is 3.13. The van der Waals surface area contributed by atoms with Gasteiger partial charge in [0.05, 0.1) is 20.0 Å². The molecule has 1 saturated heterocycles. The summed E-state index contributed by atoms with van der Waals surface area (Å²) >= 11 is 0. The predicted octanol–water partition coefficient (Wildman–Crippen LogP) is 0.0607. The maximum absolute atomic E-state index is 12.5. The lowest BCUT2D eigenvalue weighted by molar-refractivity contribution is 0.194. The van der Waals surface area contributed by atoms with E-state index in [0.717, 1.165) is 0 Å². The minimum atomic E-state index is -3.60. The number of hydrogen-bond donors (Lipinski definition) is 0. The van der Waals surface area contributed by atoms with Gasteiger partial charge >= 0.3 is 0 Å². The second kappa shape index (κ2) is 6.13. The van der Waals surface area contributed by atoms with Crippen molar-refractivity contribution in [2.24, 2.45) is 7.05 Å². The van der Waals surface area contributed by atoms with Crippen LogP contribution in [0.5, 0.6) is 11.8 Å². The van der Waals surface area contributed by atoms with E-state index in [1.54, 1.807) is 11.6 Å². The Morgan fingerprint density at radius 1 is 1.22 bits per heavy atom. The van der Waals surface area contributed by atoms with Crippen molar-refractivity contribution in [2.75, 3.05) is 20.2 Å². The van der Waals surface area contributed by atoms with Crippen molar-refractivity contribution in [1.29, 1.82) is 0 Å². The fourth-order valence-corrected chi connectivity index (χ4v) is 3.81. The lowest BCUT2D eigenvalue weighted by atomic mass is 10.3. The molecule has 3 heterocycles. The third-order valence-electron chi connectivity index (χ3n) is 3.50. The van der Waals surface area contributed by atoms with E-state index in [1.807, 2.05) is 0 Å². The first-order valence-electron chi connectivity index (χ1n) is 7.00. The standard InChI is InChI=1S/C13H17N5O4S/c1-17-8-11(16-9-17)23(19,20)18-6-3-10(7-18)22-13-12(21-2)14-4-5-15-13/h4-5,8-10H,3,6-7H2,1-2H3. The van der Waals surface area contributed by atoms with Gasteiger partial charge in [-0.1, -0.05) is 0 Å². The highest BCUT2D eigenvalue weighted by atomic mass is 32.2. The summed E-state index contributed by atoms with van der Waals surface area (Å²) in [5.74, 6) is 0.538. The van der Waals surface area contributed by atoms with E-state index in [4.69, 9.17) is 9.47 Å². The fraction of sp³-hybridized carbons (Fsp3) is 0.462. The van der Waals surface area contributed by atoms with Gasteiger partial charge in [-0.25, -0.2) is 23.4 Å². The number of rotatable bonds is 5. The zero-order valence-electron chi connectivity index (χ0n) is 12.8. The molecule has 1 atom stereocenters. The number of imidazole rings is 1. The minimum Gasteiger partial charge on any atom is -0.477 e. The summed E-state index contributed by atoms with van der Waals surface area (Å²) in [6.07, 6.45) is 6.19. The normalized spacial score (nSPS) is 19.0. The highest BCUT2D eigenvalue weighted by Crippen LogP contribution is 2.26. The average molecular weight is 339 g/mol. The molecule has 0 aromatic carbocycles. The Morgan fingerprint density at radius 2 is 1.96 bits per heavy atom. The molecule has 1 fully saturated rings. The average Bonchev–Trinajstić information content (AvgIpc) is 3.17. The molecule has 1 unspecified atom stereocenters. The third-order valence-corrected chi connectivity index (χ3v) is 5.25. The van der Waals surface area contributed by atoms with Crippen molar-refractivity contribution >= 4 is 10.0 Å². The molecule has 0 saturated carbocycles. The number of ether oxygens (including phenoxy) is 2. The number of hydrogen-bond acceptors (Lipinski definition) is 7. The Balaban J connectivity index is 1.71. The monoisotopic (exact) mass is 339 g/mol. The van der Waals surface area contributed by atoms with Crippen LogP contribution in [0.2, 0.25) is 0 Å². The van der Waals surface area contributed by atoms with Crippen LogP contribution in [0.1, 0.15) is 6.42 Å². The summed E-state index contributed by atoms with van der Waals surface area (Å²) in [5, 5.41) is 0.0396. The van der Waals surface area contributed by atoms with Crippen LogP contribution < -0.4 is 9.47 Å². The second-order valence-electron chi connectivity index (χ2n) is 5.14. The van der Waals surface area contributed by atoms with Gasteiger partial charge in [0.25, 0.3) is 21.8 Å². The van der Waals surface area contributed by atoms with Crippen LogP contribution in [-0.2, 0) is 17.1 Å². The van der Waals surface area contributed by atoms with E-state index in [0.29, 0.717) is 13.0 Å². The van der Waals surface area contributed by atoms with Crippen molar-refractivity contribution in [1.82, 2.24) is 23.8 Å². The molecule has 3 rings (SSSR count). The van der Waals surface area contributed by atoms with Gasteiger partial charge in [0, 0.05) is 32.2 Å². The molecule has 0 aliphatic carbocycles. The molecule has 124 valence electrons. The van der Waals surface area contributed by atoms with Gasteiger partial charge in [-0.15, -0.1) is 0 Å². The zero-order chi connectivity index (χ0) is 16.4. The highest BCUT2D eigenvalue weighted by molar-refractivity contribution is 7.89. The summed E-state index contributed by atoms with van der Waals surface area (Å²) in [6.45, 7) is 0.602. The molecule has 9 nitrogen and oxygen atoms in total. The minimum absolute atomic E-state index is 0.0396. The quantitative estimate of drug-likeness (QED) is 0.759. The number of aromatic nitrogens is 4. The number of aryl methyl sites for hydroxylation is 1. The maximum Gasteiger partial charge on any atom is 0.278 e. The Kier molecular flexibility index (Phi) is 4.18. The zero-order valence-corrected chi connectivity index (χ0v) is 13.6. The Morgan fingerprint density at radius 3 is 2.61 bits per heavy atom. The van der Waals surface area contributed by atoms with Gasteiger partial charge in [-0.2, -0.15) is 4.31 Å². The first-order valence-corrected chi connectivity index (χ1v) is 8.44. The van der Waals surface area contributed by atoms with Crippen LogP contribution in [0, 0.1) is 0 Å². The first-order chi connectivity index (χ1) is 11.0. The lowest BCUT2D eigenvalue weighted by Crippen LogP contribution is -2.31. The van der Waals surface area contributed by atoms with Gasteiger partial charge in [0.15, 0.2) is 5.03 Å². The lowest BCUT2D eigenvalue weighted by Gasteiger charge is -2.16. The second-order valence-corrected chi connectivity index (χ2v) is 7.02. The van der Waals surface area contributed by atoms with Gasteiger partial charge in [0.1, 0.15) is 6.10 Å². The fourth-order valence-electron chi connectivity index (χ4n) is 2.36. The van der Waals surface area contributed by atoms with Crippen LogP contribution >= 0.6 is 0 Å². The van der Waals surface area contributed by atoms with Crippen molar-refractivity contribution in [2.45, 2.75) is 17.6 Å². The van der Waals surface area contributed by atoms with Crippen LogP contribution in [0.3, 0.4) is 0 Å². The molecule has 0 bridgehead atoms. The maximum atomic E-state index is 12.5. The van der Waals surface area contributed by atoms with Gasteiger partial charge in [-0.3, -0.25) is 0 Å². The molecule has 0 N–H and O–H groups in total. The molecule has 0 amide bonds. The molecule has 2 aromatic heterocycles. The molecule has 0 radical (unpaired) electrons. The van der Waals surface area contributed by atoms with Crippen molar-refractivity contribution in [3.63, 3.8) is 0 Å². The van der Waals surface area contributed by atoms with Crippen LogP contribution in [0.15, 0.2) is 29.9 Å². The van der Waals surface area contributed by atoms with E-state index < -0.39 is 10.0 Å². The molecule has 1 aliphatic rings. The molecule has 10 heteroatoms.